The van der Waals surface area contributed by atoms with Crippen LogP contribution in [-0.2, 0) is 35.7 Å². The highest BCUT2D eigenvalue weighted by atomic mass is 32.2. The van der Waals surface area contributed by atoms with Crippen molar-refractivity contribution in [3.8, 4) is 0 Å². The molecule has 1 saturated heterocycles. The summed E-state index contributed by atoms with van der Waals surface area (Å²) in [5.41, 5.74) is 5.65. The molecule has 0 spiro atoms. The minimum Gasteiger partial charge on any atom is -0.377 e. The molecule has 8 heteroatoms. The van der Waals surface area contributed by atoms with Crippen molar-refractivity contribution in [2.45, 2.75) is 56.4 Å². The van der Waals surface area contributed by atoms with Crippen molar-refractivity contribution in [3.63, 3.8) is 0 Å². The standard InChI is InChI=1S/C17H23N3O4S/c21-16-14(7-8-18-16)25(23,24)20-17(22)19-15-12-5-1-3-10(12)9-11-4-2-6-13(11)15/h9,14,16,18,21H,1-8H2,(H2,19,20,22). The fraction of sp³-hybridized carbons (Fsp3) is 0.588. The molecular formula is C17H23N3O4S. The lowest BCUT2D eigenvalue weighted by atomic mass is 9.99. The lowest BCUT2D eigenvalue weighted by molar-refractivity contribution is 0.162. The number of sulfonamides is 1. The maximum atomic E-state index is 12.4. The molecule has 2 amide bonds. The van der Waals surface area contributed by atoms with E-state index in [1.807, 2.05) is 0 Å². The van der Waals surface area contributed by atoms with E-state index in [9.17, 15) is 18.3 Å². The van der Waals surface area contributed by atoms with E-state index in [1.54, 1.807) is 0 Å². The first kappa shape index (κ1) is 16.8. The van der Waals surface area contributed by atoms with Crippen LogP contribution in [0.5, 0.6) is 0 Å². The van der Waals surface area contributed by atoms with Gasteiger partial charge in [-0.15, -0.1) is 0 Å². The van der Waals surface area contributed by atoms with Gasteiger partial charge in [-0.3, -0.25) is 5.32 Å². The fourth-order valence-corrected chi connectivity index (χ4v) is 5.62. The lowest BCUT2D eigenvalue weighted by Gasteiger charge is -2.19. The summed E-state index contributed by atoms with van der Waals surface area (Å²) in [5, 5.41) is 14.2. The first-order chi connectivity index (χ1) is 12.0. The number of aryl methyl sites for hydroxylation is 2. The highest BCUT2D eigenvalue weighted by Gasteiger charge is 2.37. The Morgan fingerprint density at radius 2 is 1.76 bits per heavy atom. The average Bonchev–Trinajstić information content (AvgIpc) is 3.25. The Kier molecular flexibility index (Phi) is 4.21. The van der Waals surface area contributed by atoms with Gasteiger partial charge in [0.2, 0.25) is 10.0 Å². The van der Waals surface area contributed by atoms with Gasteiger partial charge in [0, 0.05) is 5.69 Å². The minimum atomic E-state index is -3.93. The van der Waals surface area contributed by atoms with Gasteiger partial charge in [0.05, 0.1) is 0 Å². The van der Waals surface area contributed by atoms with Crippen LogP contribution < -0.4 is 15.4 Å². The summed E-state index contributed by atoms with van der Waals surface area (Å²) in [6.45, 7) is 0.411. The van der Waals surface area contributed by atoms with Crippen LogP contribution in [0.2, 0.25) is 0 Å². The number of nitrogens with one attached hydrogen (secondary N) is 3. The van der Waals surface area contributed by atoms with E-state index < -0.39 is 27.5 Å². The zero-order valence-corrected chi connectivity index (χ0v) is 14.8. The number of amides is 2. The summed E-state index contributed by atoms with van der Waals surface area (Å²) in [7, 11) is -3.93. The molecule has 0 radical (unpaired) electrons. The van der Waals surface area contributed by atoms with Crippen molar-refractivity contribution in [2.24, 2.45) is 0 Å². The molecule has 0 aromatic heterocycles. The number of hydrogen-bond acceptors (Lipinski definition) is 5. The Bertz CT molecular complexity index is 789. The first-order valence-electron chi connectivity index (χ1n) is 8.86. The van der Waals surface area contributed by atoms with Crippen LogP contribution in [0, 0.1) is 0 Å². The third-order valence-electron chi connectivity index (χ3n) is 5.48. The van der Waals surface area contributed by atoms with Crippen LogP contribution in [0.3, 0.4) is 0 Å². The molecular weight excluding hydrogens is 342 g/mol. The van der Waals surface area contributed by atoms with E-state index in [0.717, 1.165) is 55.3 Å². The molecule has 1 aliphatic heterocycles. The molecule has 3 aliphatic rings. The van der Waals surface area contributed by atoms with Crippen molar-refractivity contribution >= 4 is 21.7 Å². The highest BCUT2D eigenvalue weighted by molar-refractivity contribution is 7.90. The van der Waals surface area contributed by atoms with Gasteiger partial charge in [-0.1, -0.05) is 6.07 Å². The highest BCUT2D eigenvalue weighted by Crippen LogP contribution is 2.38. The third-order valence-corrected chi connectivity index (χ3v) is 7.24. The summed E-state index contributed by atoms with van der Waals surface area (Å²) in [6, 6.07) is 1.51. The molecule has 0 bridgehead atoms. The van der Waals surface area contributed by atoms with Gasteiger partial charge >= 0.3 is 6.03 Å². The summed E-state index contributed by atoms with van der Waals surface area (Å²) < 4.78 is 26.8. The number of carbonyl (C=O) groups is 1. The minimum absolute atomic E-state index is 0.278. The molecule has 1 aromatic rings. The molecule has 4 rings (SSSR count). The maximum Gasteiger partial charge on any atom is 0.332 e. The number of carbonyl (C=O) groups excluding carboxylic acids is 1. The SMILES string of the molecule is O=C(Nc1c2c(cc3c1CCC3)CCC2)NS(=O)(=O)C1CCNC1O. The zero-order chi connectivity index (χ0) is 17.6. The number of hydrogen-bond donors (Lipinski definition) is 4. The number of fused-ring (bicyclic) bond motifs is 2. The van der Waals surface area contributed by atoms with Gasteiger partial charge in [0.25, 0.3) is 0 Å². The van der Waals surface area contributed by atoms with E-state index in [1.165, 1.54) is 11.1 Å². The van der Waals surface area contributed by atoms with E-state index >= 15 is 0 Å². The van der Waals surface area contributed by atoms with Gasteiger partial charge in [-0.25, -0.2) is 17.9 Å². The fourth-order valence-electron chi connectivity index (χ4n) is 4.30. The first-order valence-corrected chi connectivity index (χ1v) is 10.4. The topological polar surface area (TPSA) is 108 Å². The van der Waals surface area contributed by atoms with Crippen LogP contribution in [-0.4, -0.2) is 37.6 Å². The van der Waals surface area contributed by atoms with Gasteiger partial charge in [-0.2, -0.15) is 0 Å². The van der Waals surface area contributed by atoms with Gasteiger partial charge in [0.15, 0.2) is 0 Å². The Labute approximate surface area is 147 Å². The van der Waals surface area contributed by atoms with E-state index in [4.69, 9.17) is 0 Å². The Morgan fingerprint density at radius 1 is 1.12 bits per heavy atom. The van der Waals surface area contributed by atoms with Crippen LogP contribution in [0.4, 0.5) is 10.5 Å². The second kappa shape index (κ2) is 6.26. The van der Waals surface area contributed by atoms with Crippen LogP contribution >= 0.6 is 0 Å². The average molecular weight is 365 g/mol. The van der Waals surface area contributed by atoms with Gasteiger partial charge in [0.1, 0.15) is 11.5 Å². The second-order valence-corrected chi connectivity index (χ2v) is 8.96. The summed E-state index contributed by atoms with van der Waals surface area (Å²) in [6.07, 6.45) is 5.11. The summed E-state index contributed by atoms with van der Waals surface area (Å²) >= 11 is 0. The molecule has 7 nitrogen and oxygen atoms in total. The molecule has 4 N–H and O–H groups in total. The Balaban J connectivity index is 1.56. The van der Waals surface area contributed by atoms with Crippen molar-refractivity contribution in [1.29, 1.82) is 0 Å². The number of benzene rings is 1. The number of rotatable bonds is 3. The van der Waals surface area contributed by atoms with Crippen molar-refractivity contribution < 1.29 is 18.3 Å². The van der Waals surface area contributed by atoms with Crippen LogP contribution in [0.25, 0.3) is 0 Å². The largest absolute Gasteiger partial charge is 0.377 e. The second-order valence-electron chi connectivity index (χ2n) is 7.06. The summed E-state index contributed by atoms with van der Waals surface area (Å²) in [4.78, 5) is 12.4. The van der Waals surface area contributed by atoms with E-state index in [2.05, 4.69) is 21.4 Å². The monoisotopic (exact) mass is 365 g/mol. The van der Waals surface area contributed by atoms with E-state index in [-0.39, 0.29) is 6.42 Å². The lowest BCUT2D eigenvalue weighted by Crippen LogP contribution is -2.45. The molecule has 0 saturated carbocycles. The maximum absolute atomic E-state index is 12.4. The predicted octanol–water partition coefficient (Wildman–Crippen LogP) is 0.796. The number of urea groups is 1. The van der Waals surface area contributed by atoms with Crippen LogP contribution in [0.1, 0.15) is 41.5 Å². The van der Waals surface area contributed by atoms with Crippen molar-refractivity contribution in [1.82, 2.24) is 10.0 Å². The molecule has 2 unspecified atom stereocenters. The van der Waals surface area contributed by atoms with Crippen molar-refractivity contribution in [3.05, 3.63) is 28.3 Å². The van der Waals surface area contributed by atoms with Crippen molar-refractivity contribution in [2.75, 3.05) is 11.9 Å². The summed E-state index contributed by atoms with van der Waals surface area (Å²) in [5.74, 6) is 0. The van der Waals surface area contributed by atoms with Gasteiger partial charge in [-0.05, 0) is 73.7 Å². The number of aliphatic hydroxyl groups excluding tert-OH is 1. The molecule has 25 heavy (non-hydrogen) atoms. The number of aliphatic hydroxyl groups is 1. The van der Waals surface area contributed by atoms with Gasteiger partial charge < -0.3 is 10.4 Å². The smallest absolute Gasteiger partial charge is 0.332 e. The zero-order valence-electron chi connectivity index (χ0n) is 14.0. The van der Waals surface area contributed by atoms with Crippen LogP contribution in [0.15, 0.2) is 6.07 Å². The molecule has 2 atom stereocenters. The number of anilines is 1. The molecule has 1 heterocycles. The Morgan fingerprint density at radius 3 is 2.32 bits per heavy atom. The molecule has 1 fully saturated rings. The molecule has 136 valence electrons. The Hall–Kier alpha value is -1.64. The molecule has 2 aliphatic carbocycles. The van der Waals surface area contributed by atoms with E-state index in [0.29, 0.717) is 6.54 Å². The third kappa shape index (κ3) is 3.02. The normalized spacial score (nSPS) is 24.8. The predicted molar refractivity (Wildman–Crippen MR) is 94.0 cm³/mol. The quantitative estimate of drug-likeness (QED) is 0.634. The molecule has 1 aromatic carbocycles.